The van der Waals surface area contributed by atoms with Crippen LogP contribution in [-0.2, 0) is 15.7 Å². The Kier molecular flexibility index (Phi) is 6.04. The maximum atomic E-state index is 13.5. The predicted molar refractivity (Wildman–Crippen MR) is 121 cm³/mol. The molecule has 0 spiro atoms. The van der Waals surface area contributed by atoms with Crippen LogP contribution in [0, 0.1) is 5.92 Å². The number of rotatable bonds is 4. The quantitative estimate of drug-likeness (QED) is 0.441. The van der Waals surface area contributed by atoms with E-state index < -0.39 is 29.9 Å². The maximum absolute atomic E-state index is 13.5. The molecule has 176 valence electrons. The van der Waals surface area contributed by atoms with Crippen LogP contribution < -0.4 is 5.32 Å². The van der Waals surface area contributed by atoms with Gasteiger partial charge in [0.15, 0.2) is 0 Å². The monoisotopic (exact) mass is 467 g/mol. The lowest BCUT2D eigenvalue weighted by molar-refractivity contribution is -0.138. The second-order valence-corrected chi connectivity index (χ2v) is 8.72. The molecular weight excluding hydrogens is 443 g/mol. The van der Waals surface area contributed by atoms with E-state index >= 15 is 0 Å². The number of anilines is 1. The van der Waals surface area contributed by atoms with Crippen molar-refractivity contribution in [2.45, 2.75) is 37.3 Å². The summed E-state index contributed by atoms with van der Waals surface area (Å²) < 4.78 is 52.2. The van der Waals surface area contributed by atoms with E-state index in [0.717, 1.165) is 18.1 Å². The fourth-order valence-corrected chi connectivity index (χ4v) is 4.87. The molecule has 0 radical (unpaired) electrons. The van der Waals surface area contributed by atoms with Crippen molar-refractivity contribution in [3.05, 3.63) is 101 Å². The molecule has 0 aromatic heterocycles. The van der Waals surface area contributed by atoms with E-state index in [-0.39, 0.29) is 18.6 Å². The Labute approximate surface area is 195 Å². The lowest BCUT2D eigenvalue weighted by Crippen LogP contribution is -2.40. The zero-order valence-corrected chi connectivity index (χ0v) is 18.3. The standard InChI is InChI=1S/C27H24F3NO3/c28-27(29,30)19-11-14-23-22(15-19)25-21(24(31-23)17-7-3-1-4-8-17)13-12-20(34-25)16-33-26(32)18-9-5-2-6-10-18/h1-11,14-15,20-21,24-25,31H,12-13,16H2/t20-,21+,24+,25+/m1/s1. The molecule has 1 fully saturated rings. The molecule has 0 unspecified atom stereocenters. The number of alkyl halides is 3. The highest BCUT2D eigenvalue weighted by Crippen LogP contribution is 2.51. The minimum absolute atomic E-state index is 0.0503. The summed E-state index contributed by atoms with van der Waals surface area (Å²) in [6, 6.07) is 22.2. The van der Waals surface area contributed by atoms with E-state index in [1.807, 2.05) is 36.4 Å². The first-order chi connectivity index (χ1) is 16.4. The molecule has 0 aliphatic carbocycles. The van der Waals surface area contributed by atoms with Gasteiger partial charge in [0.05, 0.1) is 29.4 Å². The van der Waals surface area contributed by atoms with Gasteiger partial charge in [-0.2, -0.15) is 13.2 Å². The Balaban J connectivity index is 1.40. The van der Waals surface area contributed by atoms with Gasteiger partial charge in [0.1, 0.15) is 6.61 Å². The van der Waals surface area contributed by atoms with Gasteiger partial charge in [-0.25, -0.2) is 4.79 Å². The molecule has 0 bridgehead atoms. The largest absolute Gasteiger partial charge is 0.459 e. The SMILES string of the molecule is O=C(OC[C@H]1CC[C@@H]2[C@H](O1)c1cc(C(F)(F)F)ccc1N[C@H]2c1ccccc1)c1ccccc1. The van der Waals surface area contributed by atoms with Crippen molar-refractivity contribution in [2.24, 2.45) is 5.92 Å². The van der Waals surface area contributed by atoms with Crippen molar-refractivity contribution >= 4 is 11.7 Å². The van der Waals surface area contributed by atoms with Gasteiger partial charge in [0.25, 0.3) is 0 Å². The van der Waals surface area contributed by atoms with E-state index in [9.17, 15) is 18.0 Å². The minimum atomic E-state index is -4.44. The van der Waals surface area contributed by atoms with Crippen LogP contribution in [0.5, 0.6) is 0 Å². The summed E-state index contributed by atoms with van der Waals surface area (Å²) >= 11 is 0. The molecule has 0 amide bonds. The smallest absolute Gasteiger partial charge is 0.416 e. The summed E-state index contributed by atoms with van der Waals surface area (Å²) in [6.45, 7) is 0.0503. The highest BCUT2D eigenvalue weighted by molar-refractivity contribution is 5.89. The van der Waals surface area contributed by atoms with Crippen LogP contribution in [-0.4, -0.2) is 18.7 Å². The Hall–Kier alpha value is -3.32. The van der Waals surface area contributed by atoms with Gasteiger partial charge in [0, 0.05) is 17.2 Å². The molecule has 1 saturated heterocycles. The highest BCUT2D eigenvalue weighted by Gasteiger charge is 2.43. The van der Waals surface area contributed by atoms with Gasteiger partial charge in [0.2, 0.25) is 0 Å². The molecule has 2 heterocycles. The summed E-state index contributed by atoms with van der Waals surface area (Å²) in [5.41, 5.74) is 1.92. The highest BCUT2D eigenvalue weighted by atomic mass is 19.4. The molecule has 4 nitrogen and oxygen atoms in total. The molecule has 7 heteroatoms. The third-order valence-corrected chi connectivity index (χ3v) is 6.54. The summed E-state index contributed by atoms with van der Waals surface area (Å²) in [4.78, 5) is 12.3. The molecule has 3 aromatic rings. The number of nitrogens with one attached hydrogen (secondary N) is 1. The number of fused-ring (bicyclic) bond motifs is 3. The molecule has 3 aromatic carbocycles. The number of esters is 1. The summed E-state index contributed by atoms with van der Waals surface area (Å²) in [6.07, 6.45) is -4.02. The number of halogens is 3. The third-order valence-electron chi connectivity index (χ3n) is 6.54. The predicted octanol–water partition coefficient (Wildman–Crippen LogP) is 6.57. The van der Waals surface area contributed by atoms with Gasteiger partial charge >= 0.3 is 12.1 Å². The van der Waals surface area contributed by atoms with Gasteiger partial charge in [-0.05, 0) is 48.7 Å². The first-order valence-corrected chi connectivity index (χ1v) is 11.3. The number of ether oxygens (including phenoxy) is 2. The average molecular weight is 467 g/mol. The van der Waals surface area contributed by atoms with Crippen molar-refractivity contribution in [2.75, 3.05) is 11.9 Å². The van der Waals surface area contributed by atoms with Crippen LogP contribution in [0.2, 0.25) is 0 Å². The van der Waals surface area contributed by atoms with Crippen LogP contribution in [0.4, 0.5) is 18.9 Å². The Bertz CT molecular complexity index is 1150. The second-order valence-electron chi connectivity index (χ2n) is 8.72. The number of benzene rings is 3. The first kappa shape index (κ1) is 22.5. The zero-order valence-electron chi connectivity index (χ0n) is 18.3. The summed E-state index contributed by atoms with van der Waals surface area (Å²) in [7, 11) is 0. The normalized spacial score (nSPS) is 23.9. The molecule has 2 aliphatic heterocycles. The number of hydrogen-bond donors (Lipinski definition) is 1. The Morgan fingerprint density at radius 2 is 1.68 bits per heavy atom. The molecule has 0 saturated carbocycles. The Morgan fingerprint density at radius 1 is 0.971 bits per heavy atom. The lowest BCUT2D eigenvalue weighted by Gasteiger charge is -2.45. The average Bonchev–Trinajstić information content (AvgIpc) is 2.87. The Morgan fingerprint density at radius 3 is 2.38 bits per heavy atom. The van der Waals surface area contributed by atoms with Crippen molar-refractivity contribution < 1.29 is 27.4 Å². The molecule has 2 aliphatic rings. The lowest BCUT2D eigenvalue weighted by atomic mass is 9.76. The molecule has 34 heavy (non-hydrogen) atoms. The molecule has 4 atom stereocenters. The number of hydrogen-bond acceptors (Lipinski definition) is 4. The van der Waals surface area contributed by atoms with Crippen molar-refractivity contribution in [1.29, 1.82) is 0 Å². The topological polar surface area (TPSA) is 47.6 Å². The molecule has 1 N–H and O–H groups in total. The van der Waals surface area contributed by atoms with Crippen molar-refractivity contribution in [1.82, 2.24) is 0 Å². The number of carbonyl (C=O) groups excluding carboxylic acids is 1. The van der Waals surface area contributed by atoms with Crippen molar-refractivity contribution in [3.63, 3.8) is 0 Å². The van der Waals surface area contributed by atoms with Crippen LogP contribution in [0.3, 0.4) is 0 Å². The van der Waals surface area contributed by atoms with Gasteiger partial charge in [-0.3, -0.25) is 0 Å². The summed E-state index contributed by atoms with van der Waals surface area (Å²) in [5.74, 6) is -0.502. The van der Waals surface area contributed by atoms with E-state index in [0.29, 0.717) is 23.2 Å². The van der Waals surface area contributed by atoms with Gasteiger partial charge in [-0.15, -0.1) is 0 Å². The van der Waals surface area contributed by atoms with E-state index in [4.69, 9.17) is 9.47 Å². The van der Waals surface area contributed by atoms with E-state index in [1.165, 1.54) is 12.1 Å². The second kappa shape index (κ2) is 9.14. The minimum Gasteiger partial charge on any atom is -0.459 e. The maximum Gasteiger partial charge on any atom is 0.416 e. The molecule has 5 rings (SSSR count). The number of carbonyl (C=O) groups is 1. The first-order valence-electron chi connectivity index (χ1n) is 11.3. The van der Waals surface area contributed by atoms with Crippen LogP contribution >= 0.6 is 0 Å². The van der Waals surface area contributed by atoms with Crippen molar-refractivity contribution in [3.8, 4) is 0 Å². The van der Waals surface area contributed by atoms with Crippen LogP contribution in [0.15, 0.2) is 78.9 Å². The fraction of sp³-hybridized carbons (Fsp3) is 0.296. The van der Waals surface area contributed by atoms with Gasteiger partial charge < -0.3 is 14.8 Å². The van der Waals surface area contributed by atoms with Crippen LogP contribution in [0.1, 0.15) is 52.0 Å². The zero-order chi connectivity index (χ0) is 23.7. The molecular formula is C27H24F3NO3. The summed E-state index contributed by atoms with van der Waals surface area (Å²) in [5, 5.41) is 3.44. The van der Waals surface area contributed by atoms with E-state index in [2.05, 4.69) is 5.32 Å². The van der Waals surface area contributed by atoms with Gasteiger partial charge in [-0.1, -0.05) is 48.5 Å². The fourth-order valence-electron chi connectivity index (χ4n) is 4.87. The van der Waals surface area contributed by atoms with E-state index in [1.54, 1.807) is 24.3 Å². The third kappa shape index (κ3) is 4.53. The van der Waals surface area contributed by atoms with Crippen LogP contribution in [0.25, 0.3) is 0 Å².